The van der Waals surface area contributed by atoms with E-state index >= 15 is 0 Å². The highest BCUT2D eigenvalue weighted by Crippen LogP contribution is 2.27. The average Bonchev–Trinajstić information content (AvgIpc) is 3.20. The van der Waals surface area contributed by atoms with Crippen LogP contribution in [0.25, 0.3) is 0 Å². The molecule has 1 aliphatic rings. The largest absolute Gasteiger partial charge is 0.356 e. The van der Waals surface area contributed by atoms with Gasteiger partial charge in [-0.3, -0.25) is 9.48 Å². The van der Waals surface area contributed by atoms with E-state index in [4.69, 9.17) is 5.26 Å². The Morgan fingerprint density at radius 2 is 2.29 bits per heavy atom. The monoisotopic (exact) mass is 324 g/mol. The van der Waals surface area contributed by atoms with Crippen molar-refractivity contribution in [2.24, 2.45) is 11.8 Å². The van der Waals surface area contributed by atoms with Crippen molar-refractivity contribution < 1.29 is 4.79 Å². The quantitative estimate of drug-likeness (QED) is 0.907. The maximum atomic E-state index is 12.6. The van der Waals surface area contributed by atoms with E-state index in [0.29, 0.717) is 25.3 Å². The molecule has 124 valence electrons. The average molecular weight is 324 g/mol. The summed E-state index contributed by atoms with van der Waals surface area (Å²) in [5.74, 6) is 1.55. The number of pyridine rings is 1. The Morgan fingerprint density at radius 1 is 1.42 bits per heavy atom. The molecule has 1 fully saturated rings. The Bertz CT molecular complexity index is 735. The predicted octanol–water partition coefficient (Wildman–Crippen LogP) is 1.90. The fourth-order valence-corrected chi connectivity index (χ4v) is 2.97. The van der Waals surface area contributed by atoms with Crippen LogP contribution in [0, 0.1) is 23.2 Å². The van der Waals surface area contributed by atoms with Gasteiger partial charge in [-0.25, -0.2) is 4.98 Å². The molecule has 1 N–H and O–H groups in total. The molecule has 0 aliphatic carbocycles. The van der Waals surface area contributed by atoms with Gasteiger partial charge in [-0.1, -0.05) is 13.0 Å². The van der Waals surface area contributed by atoms with E-state index in [9.17, 15) is 4.79 Å². The molecule has 0 saturated carbocycles. The van der Waals surface area contributed by atoms with Gasteiger partial charge >= 0.3 is 0 Å². The van der Waals surface area contributed by atoms with Crippen LogP contribution < -0.4 is 10.2 Å². The summed E-state index contributed by atoms with van der Waals surface area (Å²) in [5.41, 5.74) is 0. The first-order chi connectivity index (χ1) is 11.7. The van der Waals surface area contributed by atoms with Gasteiger partial charge in [0, 0.05) is 31.5 Å². The van der Waals surface area contributed by atoms with Crippen molar-refractivity contribution in [3.63, 3.8) is 0 Å². The summed E-state index contributed by atoms with van der Waals surface area (Å²) in [6.45, 7) is 4.07. The van der Waals surface area contributed by atoms with Crippen molar-refractivity contribution in [1.29, 1.82) is 5.26 Å². The number of nitriles is 1. The number of nitrogens with zero attached hydrogens (tertiary/aromatic N) is 5. The molecule has 1 saturated heterocycles. The number of carbonyl (C=O) groups is 1. The van der Waals surface area contributed by atoms with Crippen molar-refractivity contribution >= 4 is 17.5 Å². The molecule has 0 radical (unpaired) electrons. The lowest BCUT2D eigenvalue weighted by Crippen LogP contribution is -2.29. The zero-order valence-electron chi connectivity index (χ0n) is 13.6. The lowest BCUT2D eigenvalue weighted by atomic mass is 9.97. The molecular weight excluding hydrogens is 304 g/mol. The van der Waals surface area contributed by atoms with Gasteiger partial charge in [0.15, 0.2) is 5.82 Å². The number of hydrogen-bond acceptors (Lipinski definition) is 5. The second-order valence-electron chi connectivity index (χ2n) is 6.04. The zero-order valence-corrected chi connectivity index (χ0v) is 13.6. The van der Waals surface area contributed by atoms with E-state index in [1.807, 2.05) is 18.2 Å². The molecule has 1 aliphatic heterocycles. The number of rotatable bonds is 5. The van der Waals surface area contributed by atoms with Crippen molar-refractivity contribution in [3.05, 3.63) is 36.7 Å². The van der Waals surface area contributed by atoms with E-state index in [0.717, 1.165) is 12.4 Å². The van der Waals surface area contributed by atoms with Crippen LogP contribution in [-0.2, 0) is 11.3 Å². The fraction of sp³-hybridized carbons (Fsp3) is 0.412. The predicted molar refractivity (Wildman–Crippen MR) is 90.2 cm³/mol. The number of aryl methyl sites for hydroxylation is 1. The summed E-state index contributed by atoms with van der Waals surface area (Å²) in [7, 11) is 0. The van der Waals surface area contributed by atoms with Crippen LogP contribution in [0.5, 0.6) is 0 Å². The van der Waals surface area contributed by atoms with Crippen LogP contribution in [0.15, 0.2) is 36.7 Å². The van der Waals surface area contributed by atoms with Crippen molar-refractivity contribution in [2.75, 3.05) is 23.3 Å². The summed E-state index contributed by atoms with van der Waals surface area (Å²) >= 11 is 0. The van der Waals surface area contributed by atoms with E-state index in [-0.39, 0.29) is 17.7 Å². The molecule has 24 heavy (non-hydrogen) atoms. The van der Waals surface area contributed by atoms with Crippen LogP contribution in [0.1, 0.15) is 13.3 Å². The molecule has 3 heterocycles. The molecule has 7 nitrogen and oxygen atoms in total. The Hall–Kier alpha value is -2.88. The van der Waals surface area contributed by atoms with Crippen molar-refractivity contribution in [3.8, 4) is 6.07 Å². The first kappa shape index (κ1) is 16.0. The standard InChI is InChI=1S/C17H20N6O/c1-13-11-22(16-5-2-3-8-19-16)12-14(13)17(24)20-15-6-10-23(21-15)9-4-7-18/h2-3,5-6,8,10,13-14H,4,9,11-12H2,1H3,(H,20,21,24)/t13-,14-/m1/s1. The highest BCUT2D eigenvalue weighted by Gasteiger charge is 2.35. The molecular formula is C17H20N6O. The van der Waals surface area contributed by atoms with Gasteiger partial charge in [-0.05, 0) is 18.1 Å². The summed E-state index contributed by atoms with van der Waals surface area (Å²) in [6, 6.07) is 9.63. The third-order valence-electron chi connectivity index (χ3n) is 4.27. The SMILES string of the molecule is C[C@@H]1CN(c2ccccn2)C[C@H]1C(=O)Nc1ccn(CCC#N)n1. The van der Waals surface area contributed by atoms with Gasteiger partial charge in [0.05, 0.1) is 25.0 Å². The van der Waals surface area contributed by atoms with Gasteiger partial charge in [0.2, 0.25) is 5.91 Å². The number of hydrogen-bond donors (Lipinski definition) is 1. The second kappa shape index (κ2) is 7.13. The summed E-state index contributed by atoms with van der Waals surface area (Å²) < 4.78 is 1.66. The van der Waals surface area contributed by atoms with Crippen molar-refractivity contribution in [2.45, 2.75) is 19.9 Å². The number of anilines is 2. The topological polar surface area (TPSA) is 86.8 Å². The molecule has 2 aromatic heterocycles. The van der Waals surface area contributed by atoms with Crippen LogP contribution >= 0.6 is 0 Å². The summed E-state index contributed by atoms with van der Waals surface area (Å²) in [4.78, 5) is 19.1. The molecule has 3 rings (SSSR count). The molecule has 2 aromatic rings. The number of aromatic nitrogens is 3. The van der Waals surface area contributed by atoms with Crippen LogP contribution in [-0.4, -0.2) is 33.8 Å². The van der Waals surface area contributed by atoms with Crippen LogP contribution in [0.2, 0.25) is 0 Å². The maximum Gasteiger partial charge on any atom is 0.230 e. The highest BCUT2D eigenvalue weighted by atomic mass is 16.2. The Morgan fingerprint density at radius 3 is 3.04 bits per heavy atom. The minimum absolute atomic E-state index is 0.0218. The zero-order chi connectivity index (χ0) is 16.9. The maximum absolute atomic E-state index is 12.6. The third-order valence-corrected chi connectivity index (χ3v) is 4.27. The van der Waals surface area contributed by atoms with Crippen LogP contribution in [0.4, 0.5) is 11.6 Å². The normalized spacial score (nSPS) is 19.9. The first-order valence-electron chi connectivity index (χ1n) is 8.04. The van der Waals surface area contributed by atoms with Gasteiger partial charge in [-0.2, -0.15) is 10.4 Å². The molecule has 0 bridgehead atoms. The van der Waals surface area contributed by atoms with Gasteiger partial charge in [0.1, 0.15) is 5.82 Å². The van der Waals surface area contributed by atoms with E-state index < -0.39 is 0 Å². The molecule has 0 aromatic carbocycles. The van der Waals surface area contributed by atoms with Gasteiger partial charge in [0.25, 0.3) is 0 Å². The smallest absolute Gasteiger partial charge is 0.230 e. The molecule has 1 amide bonds. The summed E-state index contributed by atoms with van der Waals surface area (Å²) in [5, 5.41) is 15.8. The van der Waals surface area contributed by atoms with Crippen LogP contribution in [0.3, 0.4) is 0 Å². The molecule has 2 atom stereocenters. The molecule has 0 unspecified atom stereocenters. The Balaban J connectivity index is 1.61. The van der Waals surface area contributed by atoms with E-state index in [1.165, 1.54) is 0 Å². The minimum Gasteiger partial charge on any atom is -0.356 e. The minimum atomic E-state index is -0.101. The van der Waals surface area contributed by atoms with Gasteiger partial charge < -0.3 is 10.2 Å². The second-order valence-corrected chi connectivity index (χ2v) is 6.04. The van der Waals surface area contributed by atoms with Crippen molar-refractivity contribution in [1.82, 2.24) is 14.8 Å². The Labute approximate surface area is 140 Å². The van der Waals surface area contributed by atoms with E-state index in [2.05, 4.69) is 33.3 Å². The number of amides is 1. The third kappa shape index (κ3) is 3.54. The fourth-order valence-electron chi connectivity index (χ4n) is 2.97. The number of nitrogens with one attached hydrogen (secondary N) is 1. The summed E-state index contributed by atoms with van der Waals surface area (Å²) in [6.07, 6.45) is 3.93. The Kier molecular flexibility index (Phi) is 4.75. The lowest BCUT2D eigenvalue weighted by Gasteiger charge is -2.16. The number of carbonyl (C=O) groups excluding carboxylic acids is 1. The van der Waals surface area contributed by atoms with E-state index in [1.54, 1.807) is 23.1 Å². The lowest BCUT2D eigenvalue weighted by molar-refractivity contribution is -0.120. The molecule has 0 spiro atoms. The molecule has 7 heteroatoms. The first-order valence-corrected chi connectivity index (χ1v) is 8.04. The highest BCUT2D eigenvalue weighted by molar-refractivity contribution is 5.92. The van der Waals surface area contributed by atoms with Gasteiger partial charge in [-0.15, -0.1) is 0 Å².